The number of rotatable bonds is 8. The van der Waals surface area contributed by atoms with Gasteiger partial charge in [-0.2, -0.15) is 0 Å². The Morgan fingerprint density at radius 2 is 2.00 bits per heavy atom. The van der Waals surface area contributed by atoms with E-state index in [0.29, 0.717) is 30.3 Å². The Morgan fingerprint density at radius 1 is 1.26 bits per heavy atom. The Hall–Kier alpha value is -1.53. The molecule has 0 saturated carbocycles. The first-order valence-electron chi connectivity index (χ1n) is 6.51. The van der Waals surface area contributed by atoms with Crippen molar-refractivity contribution in [2.24, 2.45) is 0 Å². The number of hydrogen-bond acceptors (Lipinski definition) is 5. The molecule has 1 aromatic rings. The first kappa shape index (κ1) is 15.5. The van der Waals surface area contributed by atoms with Crippen LogP contribution in [0.2, 0.25) is 0 Å². The zero-order valence-electron chi connectivity index (χ0n) is 12.1. The van der Waals surface area contributed by atoms with Crippen molar-refractivity contribution in [3.63, 3.8) is 0 Å². The highest BCUT2D eigenvalue weighted by molar-refractivity contribution is 5.65. The lowest BCUT2D eigenvalue weighted by atomic mass is 10.3. The van der Waals surface area contributed by atoms with Crippen LogP contribution in [0.5, 0.6) is 0 Å². The molecule has 6 heteroatoms. The number of nitrogens with two attached hydrogens (primary N) is 2. The smallest absolute Gasteiger partial charge is 0.149 e. The molecule has 0 fully saturated rings. The van der Waals surface area contributed by atoms with Crippen LogP contribution in [0.1, 0.15) is 6.42 Å². The lowest BCUT2D eigenvalue weighted by Crippen LogP contribution is -2.35. The average molecular weight is 268 g/mol. The number of nitrogens with zero attached hydrogens (tertiary/aromatic N) is 2. The Labute approximate surface area is 115 Å². The standard InChI is InChI=1S/C13H26N5O/c1-18(2,3)6-4-7-19-8-5-16-13-12(15)9-11(14)10-17-13/h9-10H,4-8,14-15H2,1-3H3,(H,16,17)/q+1. The van der Waals surface area contributed by atoms with Crippen LogP contribution in [0, 0.1) is 0 Å². The molecule has 108 valence electrons. The quantitative estimate of drug-likeness (QED) is 0.479. The summed E-state index contributed by atoms with van der Waals surface area (Å²) in [6.45, 7) is 3.22. The van der Waals surface area contributed by atoms with Crippen LogP contribution >= 0.6 is 0 Å². The van der Waals surface area contributed by atoms with E-state index < -0.39 is 0 Å². The van der Waals surface area contributed by atoms with Crippen molar-refractivity contribution in [1.29, 1.82) is 0 Å². The number of quaternary nitrogens is 1. The van der Waals surface area contributed by atoms with Crippen molar-refractivity contribution in [2.75, 3.05) is 64.2 Å². The third kappa shape index (κ3) is 6.83. The minimum atomic E-state index is 0.560. The van der Waals surface area contributed by atoms with Crippen molar-refractivity contribution in [3.8, 4) is 0 Å². The SMILES string of the molecule is C[N+](C)(C)CCCOCCNc1ncc(N)cc1N. The largest absolute Gasteiger partial charge is 0.397 e. The second kappa shape index (κ2) is 7.16. The molecule has 0 atom stereocenters. The molecule has 0 aliphatic rings. The van der Waals surface area contributed by atoms with Crippen molar-refractivity contribution < 1.29 is 9.22 Å². The first-order valence-corrected chi connectivity index (χ1v) is 6.51. The second-order valence-corrected chi connectivity index (χ2v) is 5.61. The molecular weight excluding hydrogens is 242 g/mol. The predicted octanol–water partition coefficient (Wildman–Crippen LogP) is 0.771. The van der Waals surface area contributed by atoms with E-state index in [1.807, 2.05) is 0 Å². The Morgan fingerprint density at radius 3 is 2.63 bits per heavy atom. The van der Waals surface area contributed by atoms with Gasteiger partial charge in [0.2, 0.25) is 0 Å². The van der Waals surface area contributed by atoms with Crippen molar-refractivity contribution in [1.82, 2.24) is 4.98 Å². The molecule has 0 spiro atoms. The summed E-state index contributed by atoms with van der Waals surface area (Å²) in [6.07, 6.45) is 2.65. The molecule has 0 saturated heterocycles. The van der Waals surface area contributed by atoms with Gasteiger partial charge in [0.15, 0.2) is 0 Å². The molecule has 0 radical (unpaired) electrons. The van der Waals surface area contributed by atoms with E-state index in [0.717, 1.165) is 24.1 Å². The summed E-state index contributed by atoms with van der Waals surface area (Å²) < 4.78 is 6.51. The highest BCUT2D eigenvalue weighted by Crippen LogP contribution is 2.16. The van der Waals surface area contributed by atoms with E-state index in [1.165, 1.54) is 0 Å². The molecule has 0 aliphatic heterocycles. The zero-order valence-corrected chi connectivity index (χ0v) is 12.1. The summed E-state index contributed by atoms with van der Waals surface area (Å²) in [7, 11) is 6.53. The zero-order chi connectivity index (χ0) is 14.3. The van der Waals surface area contributed by atoms with Crippen LogP contribution in [-0.2, 0) is 4.74 Å². The Kier molecular flexibility index (Phi) is 5.85. The van der Waals surface area contributed by atoms with Crippen LogP contribution in [0.3, 0.4) is 0 Å². The number of nitrogen functional groups attached to an aromatic ring is 2. The molecule has 5 N–H and O–H groups in total. The fourth-order valence-corrected chi connectivity index (χ4v) is 1.63. The average Bonchev–Trinajstić information content (AvgIpc) is 2.29. The van der Waals surface area contributed by atoms with Gasteiger partial charge >= 0.3 is 0 Å². The van der Waals surface area contributed by atoms with Gasteiger partial charge in [0.1, 0.15) is 5.82 Å². The number of pyridine rings is 1. The number of aromatic nitrogens is 1. The van der Waals surface area contributed by atoms with Crippen molar-refractivity contribution in [2.45, 2.75) is 6.42 Å². The van der Waals surface area contributed by atoms with Gasteiger partial charge < -0.3 is 26.0 Å². The van der Waals surface area contributed by atoms with Gasteiger partial charge in [0, 0.05) is 13.0 Å². The molecule has 0 bridgehead atoms. The van der Waals surface area contributed by atoms with E-state index in [2.05, 4.69) is 31.4 Å². The summed E-state index contributed by atoms with van der Waals surface area (Å²) in [4.78, 5) is 4.12. The lowest BCUT2D eigenvalue weighted by Gasteiger charge is -2.23. The number of anilines is 3. The monoisotopic (exact) mass is 268 g/mol. The lowest BCUT2D eigenvalue weighted by molar-refractivity contribution is -0.870. The third-order valence-electron chi connectivity index (χ3n) is 2.59. The van der Waals surface area contributed by atoms with Gasteiger partial charge in [0.25, 0.3) is 0 Å². The van der Waals surface area contributed by atoms with Crippen LogP contribution in [-0.4, -0.2) is 56.9 Å². The topological polar surface area (TPSA) is 86.2 Å². The van der Waals surface area contributed by atoms with Gasteiger partial charge in [-0.3, -0.25) is 0 Å². The van der Waals surface area contributed by atoms with E-state index in [-0.39, 0.29) is 0 Å². The van der Waals surface area contributed by atoms with Gasteiger partial charge in [0.05, 0.1) is 58.5 Å². The number of ether oxygens (including phenoxy) is 1. The fraction of sp³-hybridized carbons (Fsp3) is 0.615. The van der Waals surface area contributed by atoms with Crippen LogP contribution < -0.4 is 16.8 Å². The summed E-state index contributed by atoms with van der Waals surface area (Å²) in [5, 5.41) is 3.13. The maximum Gasteiger partial charge on any atom is 0.149 e. The summed E-state index contributed by atoms with van der Waals surface area (Å²) in [5.41, 5.74) is 12.5. The minimum absolute atomic E-state index is 0.560. The first-order chi connectivity index (χ1) is 8.88. The molecule has 6 nitrogen and oxygen atoms in total. The Balaban J connectivity index is 2.11. The molecular formula is C13H26N5O+. The highest BCUT2D eigenvalue weighted by Gasteiger charge is 2.05. The molecule has 0 aliphatic carbocycles. The second-order valence-electron chi connectivity index (χ2n) is 5.61. The number of nitrogens with one attached hydrogen (secondary N) is 1. The molecule has 19 heavy (non-hydrogen) atoms. The van der Waals surface area contributed by atoms with E-state index in [4.69, 9.17) is 16.2 Å². The van der Waals surface area contributed by atoms with Crippen molar-refractivity contribution in [3.05, 3.63) is 12.3 Å². The number of hydrogen-bond donors (Lipinski definition) is 3. The molecule has 0 unspecified atom stereocenters. The molecule has 0 aromatic carbocycles. The molecule has 1 heterocycles. The summed E-state index contributed by atoms with van der Waals surface area (Å²) in [6, 6.07) is 1.69. The van der Waals surface area contributed by atoms with Crippen molar-refractivity contribution >= 4 is 17.2 Å². The van der Waals surface area contributed by atoms with Gasteiger partial charge in [-0.25, -0.2) is 4.98 Å². The molecule has 1 aromatic heterocycles. The summed E-state index contributed by atoms with van der Waals surface area (Å²) >= 11 is 0. The van der Waals surface area contributed by atoms with Crippen LogP contribution in [0.4, 0.5) is 17.2 Å². The normalized spacial score (nSPS) is 11.5. The van der Waals surface area contributed by atoms with Gasteiger partial charge in [-0.05, 0) is 6.07 Å². The maximum absolute atomic E-state index is 5.78. The third-order valence-corrected chi connectivity index (χ3v) is 2.59. The van der Waals surface area contributed by atoms with E-state index in [9.17, 15) is 0 Å². The predicted molar refractivity (Wildman–Crippen MR) is 79.9 cm³/mol. The fourth-order valence-electron chi connectivity index (χ4n) is 1.63. The van der Waals surface area contributed by atoms with E-state index >= 15 is 0 Å². The van der Waals surface area contributed by atoms with E-state index in [1.54, 1.807) is 12.3 Å². The highest BCUT2D eigenvalue weighted by atomic mass is 16.5. The van der Waals surface area contributed by atoms with Gasteiger partial charge in [-0.15, -0.1) is 0 Å². The molecule has 0 amide bonds. The maximum atomic E-state index is 5.78. The Bertz CT molecular complexity index is 389. The van der Waals surface area contributed by atoms with Crippen LogP contribution in [0.25, 0.3) is 0 Å². The van der Waals surface area contributed by atoms with Crippen LogP contribution in [0.15, 0.2) is 12.3 Å². The summed E-state index contributed by atoms with van der Waals surface area (Å²) in [5.74, 6) is 0.657. The molecule has 1 rings (SSSR count). The minimum Gasteiger partial charge on any atom is -0.397 e. The van der Waals surface area contributed by atoms with Gasteiger partial charge in [-0.1, -0.05) is 0 Å².